The van der Waals surface area contributed by atoms with Crippen LogP contribution in [0.15, 0.2) is 42.5 Å². The lowest BCUT2D eigenvalue weighted by molar-refractivity contribution is -0.139. The third-order valence-electron chi connectivity index (χ3n) is 4.88. The van der Waals surface area contributed by atoms with Crippen molar-refractivity contribution < 1.29 is 9.59 Å². The van der Waals surface area contributed by atoms with Gasteiger partial charge in [-0.25, -0.2) is 0 Å². The minimum atomic E-state index is -0.462. The first-order valence-electron chi connectivity index (χ1n) is 10.1. The Morgan fingerprint density at radius 2 is 1.59 bits per heavy atom. The van der Waals surface area contributed by atoms with Gasteiger partial charge in [-0.05, 0) is 38.3 Å². The molecule has 0 bridgehead atoms. The summed E-state index contributed by atoms with van der Waals surface area (Å²) in [7, 11) is 1.62. The van der Waals surface area contributed by atoms with Crippen molar-refractivity contribution in [1.82, 2.24) is 10.2 Å². The van der Waals surface area contributed by atoms with Gasteiger partial charge in [0.2, 0.25) is 11.8 Å². The first kappa shape index (κ1) is 23.0. The van der Waals surface area contributed by atoms with Crippen LogP contribution < -0.4 is 5.32 Å². The standard InChI is InChI=1S/C24H32N2O2S/c1-6-22(24(28)25-5)26(14-20-9-7-17(2)8-10-20)23(27)16-29-15-21-12-18(3)11-19(4)13-21/h7-13,22H,6,14-16H2,1-5H3,(H,25,28)/t22-/m1/s1. The summed E-state index contributed by atoms with van der Waals surface area (Å²) < 4.78 is 0. The van der Waals surface area contributed by atoms with Gasteiger partial charge in [0.15, 0.2) is 0 Å². The molecule has 0 saturated heterocycles. The highest BCUT2D eigenvalue weighted by Gasteiger charge is 2.27. The number of amides is 2. The molecule has 0 aliphatic rings. The van der Waals surface area contributed by atoms with Gasteiger partial charge in [0.05, 0.1) is 5.75 Å². The molecule has 29 heavy (non-hydrogen) atoms. The van der Waals surface area contributed by atoms with Crippen molar-refractivity contribution in [2.24, 2.45) is 0 Å². The summed E-state index contributed by atoms with van der Waals surface area (Å²) >= 11 is 1.60. The summed E-state index contributed by atoms with van der Waals surface area (Å²) in [5.74, 6) is 1.01. The zero-order valence-electron chi connectivity index (χ0n) is 18.1. The molecule has 2 rings (SSSR count). The summed E-state index contributed by atoms with van der Waals surface area (Å²) in [6, 6.07) is 14.1. The maximum Gasteiger partial charge on any atom is 0.242 e. The summed E-state index contributed by atoms with van der Waals surface area (Å²) in [6.45, 7) is 8.60. The first-order chi connectivity index (χ1) is 13.8. The highest BCUT2D eigenvalue weighted by Crippen LogP contribution is 2.19. The Morgan fingerprint density at radius 1 is 0.966 bits per heavy atom. The Labute approximate surface area is 179 Å². The van der Waals surface area contributed by atoms with Crippen molar-refractivity contribution >= 4 is 23.6 Å². The maximum absolute atomic E-state index is 13.1. The zero-order chi connectivity index (χ0) is 21.4. The zero-order valence-corrected chi connectivity index (χ0v) is 18.9. The predicted octanol–water partition coefficient (Wildman–Crippen LogP) is 4.40. The van der Waals surface area contributed by atoms with E-state index in [2.05, 4.69) is 37.4 Å². The SMILES string of the molecule is CC[C@H](C(=O)NC)N(Cc1ccc(C)cc1)C(=O)CSCc1cc(C)cc(C)c1. The molecule has 0 spiro atoms. The molecular weight excluding hydrogens is 380 g/mol. The second-order valence-corrected chi connectivity index (χ2v) is 8.52. The number of carbonyl (C=O) groups excluding carboxylic acids is 2. The summed E-state index contributed by atoms with van der Waals surface area (Å²) in [4.78, 5) is 27.2. The van der Waals surface area contributed by atoms with Gasteiger partial charge in [0, 0.05) is 19.3 Å². The average molecular weight is 413 g/mol. The predicted molar refractivity (Wildman–Crippen MR) is 122 cm³/mol. The number of thioether (sulfide) groups is 1. The van der Waals surface area contributed by atoms with E-state index >= 15 is 0 Å². The fraction of sp³-hybridized carbons (Fsp3) is 0.417. The normalized spacial score (nSPS) is 11.8. The molecule has 1 N–H and O–H groups in total. The number of rotatable bonds is 9. The molecule has 4 nitrogen and oxygen atoms in total. The van der Waals surface area contributed by atoms with Crippen LogP contribution in [0.1, 0.15) is 41.2 Å². The lowest BCUT2D eigenvalue weighted by Gasteiger charge is -2.30. The number of aryl methyl sites for hydroxylation is 3. The van der Waals surface area contributed by atoms with E-state index in [0.717, 1.165) is 11.3 Å². The van der Waals surface area contributed by atoms with Crippen LogP contribution >= 0.6 is 11.8 Å². The lowest BCUT2D eigenvalue weighted by Crippen LogP contribution is -2.48. The van der Waals surface area contributed by atoms with Crippen LogP contribution in [0.5, 0.6) is 0 Å². The van der Waals surface area contributed by atoms with Gasteiger partial charge in [-0.2, -0.15) is 0 Å². The van der Waals surface area contributed by atoms with E-state index in [1.807, 2.05) is 38.1 Å². The first-order valence-corrected chi connectivity index (χ1v) is 11.2. The highest BCUT2D eigenvalue weighted by molar-refractivity contribution is 7.99. The van der Waals surface area contributed by atoms with Crippen LogP contribution in [0.2, 0.25) is 0 Å². The molecule has 0 saturated carbocycles. The molecule has 2 amide bonds. The molecule has 0 heterocycles. The smallest absolute Gasteiger partial charge is 0.242 e. The van der Waals surface area contributed by atoms with Crippen LogP contribution in [-0.4, -0.2) is 35.6 Å². The highest BCUT2D eigenvalue weighted by atomic mass is 32.2. The molecule has 0 aliphatic heterocycles. The van der Waals surface area contributed by atoms with E-state index in [-0.39, 0.29) is 11.8 Å². The lowest BCUT2D eigenvalue weighted by atomic mass is 10.1. The van der Waals surface area contributed by atoms with Gasteiger partial charge < -0.3 is 10.2 Å². The summed E-state index contributed by atoms with van der Waals surface area (Å²) in [5.41, 5.74) is 5.90. The van der Waals surface area contributed by atoms with Crippen LogP contribution in [0.25, 0.3) is 0 Å². The minimum absolute atomic E-state index is 0.00426. The van der Waals surface area contributed by atoms with Crippen LogP contribution in [0.3, 0.4) is 0 Å². The maximum atomic E-state index is 13.1. The number of nitrogens with one attached hydrogen (secondary N) is 1. The molecule has 1 atom stereocenters. The minimum Gasteiger partial charge on any atom is -0.357 e. The summed E-state index contributed by atoms with van der Waals surface area (Å²) in [6.07, 6.45) is 0.582. The Morgan fingerprint density at radius 3 is 2.14 bits per heavy atom. The van der Waals surface area contributed by atoms with Crippen LogP contribution in [0.4, 0.5) is 0 Å². The van der Waals surface area contributed by atoms with E-state index in [1.54, 1.807) is 23.7 Å². The second-order valence-electron chi connectivity index (χ2n) is 7.53. The number of benzene rings is 2. The number of likely N-dealkylation sites (N-methyl/N-ethyl adjacent to an activating group) is 1. The number of carbonyl (C=O) groups is 2. The topological polar surface area (TPSA) is 49.4 Å². The van der Waals surface area contributed by atoms with Gasteiger partial charge in [0.1, 0.15) is 6.04 Å². The van der Waals surface area contributed by atoms with Crippen molar-refractivity contribution in [2.75, 3.05) is 12.8 Å². The Bertz CT molecular complexity index is 813. The molecule has 0 aliphatic carbocycles. The number of nitrogens with zero attached hydrogens (tertiary/aromatic N) is 1. The Kier molecular flexibility index (Phi) is 8.77. The Hall–Kier alpha value is -2.27. The average Bonchev–Trinajstić information content (AvgIpc) is 2.68. The fourth-order valence-corrected chi connectivity index (χ4v) is 4.31. The van der Waals surface area contributed by atoms with Crippen molar-refractivity contribution in [2.45, 2.75) is 52.5 Å². The van der Waals surface area contributed by atoms with E-state index in [4.69, 9.17) is 0 Å². The van der Waals surface area contributed by atoms with Gasteiger partial charge in [-0.1, -0.05) is 66.1 Å². The molecule has 0 radical (unpaired) electrons. The van der Waals surface area contributed by atoms with Gasteiger partial charge in [-0.15, -0.1) is 11.8 Å². The van der Waals surface area contributed by atoms with E-state index < -0.39 is 6.04 Å². The molecule has 0 fully saturated rings. The monoisotopic (exact) mass is 412 g/mol. The van der Waals surface area contributed by atoms with Gasteiger partial charge in [0.25, 0.3) is 0 Å². The second kappa shape index (κ2) is 11.1. The van der Waals surface area contributed by atoms with Crippen molar-refractivity contribution in [3.05, 3.63) is 70.3 Å². The number of hydrogen-bond donors (Lipinski definition) is 1. The van der Waals surface area contributed by atoms with Crippen molar-refractivity contribution in [1.29, 1.82) is 0 Å². The van der Waals surface area contributed by atoms with Crippen molar-refractivity contribution in [3.63, 3.8) is 0 Å². The fourth-order valence-electron chi connectivity index (χ4n) is 3.47. The Balaban J connectivity index is 2.10. The molecule has 0 aromatic heterocycles. The quantitative estimate of drug-likeness (QED) is 0.664. The van der Waals surface area contributed by atoms with Crippen molar-refractivity contribution in [3.8, 4) is 0 Å². The van der Waals surface area contributed by atoms with Gasteiger partial charge >= 0.3 is 0 Å². The van der Waals surface area contributed by atoms with E-state index in [1.165, 1.54) is 22.3 Å². The third-order valence-corrected chi connectivity index (χ3v) is 5.87. The largest absolute Gasteiger partial charge is 0.357 e. The van der Waals surface area contributed by atoms with Gasteiger partial charge in [-0.3, -0.25) is 9.59 Å². The molecule has 2 aromatic carbocycles. The third kappa shape index (κ3) is 6.93. The van der Waals surface area contributed by atoms with Crippen LogP contribution in [0, 0.1) is 20.8 Å². The molecule has 0 unspecified atom stereocenters. The molecule has 156 valence electrons. The number of hydrogen-bond acceptors (Lipinski definition) is 3. The molecule has 5 heteroatoms. The molecular formula is C24H32N2O2S. The van der Waals surface area contributed by atoms with Crippen LogP contribution in [-0.2, 0) is 21.9 Å². The van der Waals surface area contributed by atoms with E-state index in [0.29, 0.717) is 18.7 Å². The van der Waals surface area contributed by atoms with E-state index in [9.17, 15) is 9.59 Å². The summed E-state index contributed by atoms with van der Waals surface area (Å²) in [5, 5.41) is 2.70. The molecule has 2 aromatic rings.